The minimum Gasteiger partial charge on any atom is -0.490 e. The molecule has 0 aliphatic heterocycles. The van der Waals surface area contributed by atoms with Crippen LogP contribution in [0.4, 0.5) is 0 Å². The second-order valence-electron chi connectivity index (χ2n) is 6.70. The SMILES string of the molecule is CCOc1cccn2c(C(=O)N[C@H](C)CC(=O)OCC(C)C)c(C)nc12. The van der Waals surface area contributed by atoms with Crippen LogP contribution in [-0.2, 0) is 9.53 Å². The second kappa shape index (κ2) is 8.69. The summed E-state index contributed by atoms with van der Waals surface area (Å²) in [5, 5.41) is 2.84. The van der Waals surface area contributed by atoms with Gasteiger partial charge in [0.1, 0.15) is 5.69 Å². The van der Waals surface area contributed by atoms with Gasteiger partial charge in [-0.1, -0.05) is 13.8 Å². The molecule has 0 fully saturated rings. The third-order valence-corrected chi connectivity index (χ3v) is 3.73. The van der Waals surface area contributed by atoms with Crippen LogP contribution in [0.2, 0.25) is 0 Å². The van der Waals surface area contributed by atoms with Crippen LogP contribution in [0, 0.1) is 12.8 Å². The number of carbonyl (C=O) groups is 2. The zero-order valence-electron chi connectivity index (χ0n) is 16.0. The topological polar surface area (TPSA) is 81.9 Å². The normalized spacial score (nSPS) is 12.2. The van der Waals surface area contributed by atoms with Crippen molar-refractivity contribution in [2.75, 3.05) is 13.2 Å². The summed E-state index contributed by atoms with van der Waals surface area (Å²) in [5.41, 5.74) is 1.63. The summed E-state index contributed by atoms with van der Waals surface area (Å²) >= 11 is 0. The number of hydrogen-bond acceptors (Lipinski definition) is 5. The monoisotopic (exact) mass is 361 g/mol. The Balaban J connectivity index is 2.11. The van der Waals surface area contributed by atoms with E-state index in [2.05, 4.69) is 10.3 Å². The summed E-state index contributed by atoms with van der Waals surface area (Å²) in [6.07, 6.45) is 1.90. The van der Waals surface area contributed by atoms with Gasteiger partial charge in [0.05, 0.1) is 25.3 Å². The Labute approximate surface area is 153 Å². The number of aryl methyl sites for hydroxylation is 1. The van der Waals surface area contributed by atoms with E-state index in [4.69, 9.17) is 9.47 Å². The van der Waals surface area contributed by atoms with Crippen molar-refractivity contribution in [2.24, 2.45) is 5.92 Å². The molecule has 2 heterocycles. The van der Waals surface area contributed by atoms with E-state index in [1.54, 1.807) is 24.4 Å². The fraction of sp³-hybridized carbons (Fsp3) is 0.526. The molecule has 0 unspecified atom stereocenters. The summed E-state index contributed by atoms with van der Waals surface area (Å²) in [6, 6.07) is 3.28. The number of fused-ring (bicyclic) bond motifs is 1. The first-order valence-electron chi connectivity index (χ1n) is 8.90. The van der Waals surface area contributed by atoms with Crippen molar-refractivity contribution < 1.29 is 19.1 Å². The van der Waals surface area contributed by atoms with Gasteiger partial charge >= 0.3 is 5.97 Å². The van der Waals surface area contributed by atoms with Crippen LogP contribution in [-0.4, -0.2) is 40.5 Å². The highest BCUT2D eigenvalue weighted by atomic mass is 16.5. The number of nitrogens with zero attached hydrogens (tertiary/aromatic N) is 2. The van der Waals surface area contributed by atoms with E-state index in [1.165, 1.54) is 0 Å². The molecule has 1 amide bonds. The number of aromatic nitrogens is 2. The molecule has 1 N–H and O–H groups in total. The highest BCUT2D eigenvalue weighted by Gasteiger charge is 2.21. The first kappa shape index (κ1) is 19.8. The van der Waals surface area contributed by atoms with Gasteiger partial charge in [-0.25, -0.2) is 4.98 Å². The van der Waals surface area contributed by atoms with Gasteiger partial charge in [-0.05, 0) is 38.8 Å². The van der Waals surface area contributed by atoms with Crippen molar-refractivity contribution in [3.8, 4) is 5.75 Å². The minimum absolute atomic E-state index is 0.123. The lowest BCUT2D eigenvalue weighted by Crippen LogP contribution is -2.35. The van der Waals surface area contributed by atoms with Crippen LogP contribution < -0.4 is 10.1 Å². The average Bonchev–Trinajstić information content (AvgIpc) is 2.90. The Hall–Kier alpha value is -2.57. The standard InChI is InChI=1S/C19H27N3O4/c1-6-25-15-8-7-9-22-17(14(5)21-18(15)22)19(24)20-13(4)10-16(23)26-11-12(2)3/h7-9,12-13H,6,10-11H2,1-5H3,(H,20,24)/t13-/m1/s1. The van der Waals surface area contributed by atoms with E-state index in [0.717, 1.165) is 0 Å². The van der Waals surface area contributed by atoms with Gasteiger partial charge in [-0.2, -0.15) is 0 Å². The number of rotatable bonds is 8. The third-order valence-electron chi connectivity index (χ3n) is 3.73. The van der Waals surface area contributed by atoms with E-state index in [9.17, 15) is 9.59 Å². The molecule has 0 aromatic carbocycles. The lowest BCUT2D eigenvalue weighted by molar-refractivity contribution is -0.145. The molecule has 0 saturated carbocycles. The van der Waals surface area contributed by atoms with Crippen molar-refractivity contribution in [3.05, 3.63) is 29.7 Å². The van der Waals surface area contributed by atoms with Gasteiger partial charge in [0.2, 0.25) is 0 Å². The van der Waals surface area contributed by atoms with Crippen LogP contribution in [0.25, 0.3) is 5.65 Å². The summed E-state index contributed by atoms with van der Waals surface area (Å²) in [6.45, 7) is 10.3. The molecule has 0 bridgehead atoms. The summed E-state index contributed by atoms with van der Waals surface area (Å²) in [5.74, 6) is 0.305. The van der Waals surface area contributed by atoms with Crippen LogP contribution in [0.1, 0.15) is 50.3 Å². The zero-order chi connectivity index (χ0) is 19.3. The smallest absolute Gasteiger partial charge is 0.307 e. The molecular formula is C19H27N3O4. The van der Waals surface area contributed by atoms with Gasteiger partial charge in [0.15, 0.2) is 11.4 Å². The lowest BCUT2D eigenvalue weighted by Gasteiger charge is -2.14. The van der Waals surface area contributed by atoms with Gasteiger partial charge in [0.25, 0.3) is 5.91 Å². The molecule has 0 saturated heterocycles. The summed E-state index contributed by atoms with van der Waals surface area (Å²) in [4.78, 5) is 29.0. The summed E-state index contributed by atoms with van der Waals surface area (Å²) < 4.78 is 12.4. The van der Waals surface area contributed by atoms with Gasteiger partial charge in [0, 0.05) is 12.2 Å². The van der Waals surface area contributed by atoms with Crippen LogP contribution in [0.3, 0.4) is 0 Å². The first-order valence-corrected chi connectivity index (χ1v) is 8.90. The second-order valence-corrected chi connectivity index (χ2v) is 6.70. The van der Waals surface area contributed by atoms with Crippen molar-refractivity contribution in [2.45, 2.75) is 47.1 Å². The molecule has 2 aromatic heterocycles. The van der Waals surface area contributed by atoms with Crippen molar-refractivity contribution >= 4 is 17.5 Å². The van der Waals surface area contributed by atoms with E-state index < -0.39 is 0 Å². The van der Waals surface area contributed by atoms with Gasteiger partial charge in [-0.3, -0.25) is 14.0 Å². The fourth-order valence-electron chi connectivity index (χ4n) is 2.61. The van der Waals surface area contributed by atoms with Crippen LogP contribution in [0.15, 0.2) is 18.3 Å². The van der Waals surface area contributed by atoms with E-state index in [-0.39, 0.29) is 30.3 Å². The predicted molar refractivity (Wildman–Crippen MR) is 98.4 cm³/mol. The van der Waals surface area contributed by atoms with Gasteiger partial charge < -0.3 is 14.8 Å². The molecule has 7 heteroatoms. The quantitative estimate of drug-likeness (QED) is 0.731. The van der Waals surface area contributed by atoms with Gasteiger partial charge in [-0.15, -0.1) is 0 Å². The third kappa shape index (κ3) is 4.74. The van der Waals surface area contributed by atoms with Crippen molar-refractivity contribution in [3.63, 3.8) is 0 Å². The number of ether oxygens (including phenoxy) is 2. The van der Waals surface area contributed by atoms with E-state index in [0.29, 0.717) is 36.0 Å². The molecular weight excluding hydrogens is 334 g/mol. The number of imidazole rings is 1. The Morgan fingerprint density at radius 2 is 2.04 bits per heavy atom. The molecule has 142 valence electrons. The largest absolute Gasteiger partial charge is 0.490 e. The summed E-state index contributed by atoms with van der Waals surface area (Å²) in [7, 11) is 0. The van der Waals surface area contributed by atoms with E-state index in [1.807, 2.05) is 32.9 Å². The predicted octanol–water partition coefficient (Wildman–Crippen LogP) is 2.75. The Kier molecular flexibility index (Phi) is 6.60. The molecule has 0 aliphatic rings. The van der Waals surface area contributed by atoms with Crippen molar-refractivity contribution in [1.29, 1.82) is 0 Å². The molecule has 0 aliphatic carbocycles. The number of esters is 1. The lowest BCUT2D eigenvalue weighted by atomic mass is 10.2. The highest BCUT2D eigenvalue weighted by molar-refractivity contribution is 5.95. The van der Waals surface area contributed by atoms with Crippen molar-refractivity contribution in [1.82, 2.24) is 14.7 Å². The number of hydrogen-bond donors (Lipinski definition) is 1. The fourth-order valence-corrected chi connectivity index (χ4v) is 2.61. The maximum atomic E-state index is 12.7. The van der Waals surface area contributed by atoms with E-state index >= 15 is 0 Å². The molecule has 2 rings (SSSR count). The minimum atomic E-state index is -0.345. The number of nitrogens with one attached hydrogen (secondary N) is 1. The first-order chi connectivity index (χ1) is 12.3. The maximum absolute atomic E-state index is 12.7. The zero-order valence-corrected chi connectivity index (χ0v) is 16.0. The number of amides is 1. The van der Waals surface area contributed by atoms with Crippen LogP contribution >= 0.6 is 0 Å². The highest BCUT2D eigenvalue weighted by Crippen LogP contribution is 2.22. The molecule has 7 nitrogen and oxygen atoms in total. The maximum Gasteiger partial charge on any atom is 0.307 e. The van der Waals surface area contributed by atoms with Crippen LogP contribution in [0.5, 0.6) is 5.75 Å². The number of carbonyl (C=O) groups excluding carboxylic acids is 2. The molecule has 0 radical (unpaired) electrons. The number of pyridine rings is 1. The Morgan fingerprint density at radius 1 is 1.31 bits per heavy atom. The molecule has 26 heavy (non-hydrogen) atoms. The Morgan fingerprint density at radius 3 is 2.69 bits per heavy atom. The molecule has 1 atom stereocenters. The Bertz CT molecular complexity index is 782. The molecule has 2 aromatic rings. The molecule has 0 spiro atoms. The average molecular weight is 361 g/mol.